The third-order valence-corrected chi connectivity index (χ3v) is 3.56. The molecule has 5 nitrogen and oxygen atoms in total. The van der Waals surface area contributed by atoms with Crippen LogP contribution in [0.25, 0.3) is 0 Å². The first kappa shape index (κ1) is 15.5. The Labute approximate surface area is 120 Å². The zero-order valence-corrected chi connectivity index (χ0v) is 11.6. The van der Waals surface area contributed by atoms with E-state index in [0.29, 0.717) is 19.2 Å². The van der Waals surface area contributed by atoms with Crippen molar-refractivity contribution in [3.63, 3.8) is 0 Å². The lowest BCUT2D eigenvalue weighted by atomic mass is 10.0. The molecule has 1 aliphatic rings. The topological polar surface area (TPSA) is 60.9 Å². The minimum atomic E-state index is -1.64. The smallest absolute Gasteiger partial charge is 0.339 e. The second-order valence-corrected chi connectivity index (χ2v) is 5.09. The van der Waals surface area contributed by atoms with E-state index in [-0.39, 0.29) is 6.54 Å². The molecular formula is C14H16F2N2O3. The number of nitrogens with zero attached hydrogens (tertiary/aromatic N) is 2. The lowest BCUT2D eigenvalue weighted by Crippen LogP contribution is -2.46. The highest BCUT2D eigenvalue weighted by molar-refractivity contribution is 6.07. The maximum Gasteiger partial charge on any atom is 0.339 e. The van der Waals surface area contributed by atoms with Crippen LogP contribution >= 0.6 is 0 Å². The number of benzene rings is 1. The molecule has 0 bridgehead atoms. The van der Waals surface area contributed by atoms with E-state index < -0.39 is 34.5 Å². The van der Waals surface area contributed by atoms with Crippen LogP contribution in [0.3, 0.4) is 0 Å². The summed E-state index contributed by atoms with van der Waals surface area (Å²) in [6, 6.07) is 1.49. The van der Waals surface area contributed by atoms with Crippen molar-refractivity contribution >= 4 is 11.8 Å². The lowest BCUT2D eigenvalue weighted by Gasteiger charge is -2.31. The van der Waals surface area contributed by atoms with Crippen molar-refractivity contribution in [2.75, 3.05) is 39.8 Å². The number of aromatic carboxylic acids is 1. The van der Waals surface area contributed by atoms with E-state index in [4.69, 9.17) is 5.11 Å². The molecule has 0 aliphatic carbocycles. The first-order valence-electron chi connectivity index (χ1n) is 6.55. The Balaban J connectivity index is 2.23. The Morgan fingerprint density at radius 1 is 1.10 bits per heavy atom. The molecule has 21 heavy (non-hydrogen) atoms. The number of hydrogen-bond donors (Lipinski definition) is 1. The van der Waals surface area contributed by atoms with Crippen molar-refractivity contribution in [2.45, 2.75) is 0 Å². The van der Waals surface area contributed by atoms with Crippen LogP contribution in [0.4, 0.5) is 8.78 Å². The van der Waals surface area contributed by atoms with Crippen molar-refractivity contribution in [1.82, 2.24) is 9.80 Å². The number of rotatable bonds is 4. The van der Waals surface area contributed by atoms with Gasteiger partial charge in [-0.1, -0.05) is 0 Å². The molecule has 1 saturated heterocycles. The Morgan fingerprint density at radius 3 is 2.14 bits per heavy atom. The fourth-order valence-corrected chi connectivity index (χ4v) is 2.32. The molecule has 114 valence electrons. The second kappa shape index (κ2) is 6.28. The highest BCUT2D eigenvalue weighted by Gasteiger charge is 2.27. The van der Waals surface area contributed by atoms with Gasteiger partial charge in [-0.05, 0) is 19.2 Å². The molecule has 1 N–H and O–H groups in total. The van der Waals surface area contributed by atoms with Gasteiger partial charge in [-0.2, -0.15) is 0 Å². The molecule has 0 radical (unpaired) electrons. The van der Waals surface area contributed by atoms with E-state index in [1.165, 1.54) is 0 Å². The van der Waals surface area contributed by atoms with Crippen molar-refractivity contribution in [2.24, 2.45) is 0 Å². The van der Waals surface area contributed by atoms with Crippen molar-refractivity contribution in [3.05, 3.63) is 34.9 Å². The predicted octanol–water partition coefficient (Wildman–Crippen LogP) is 1.09. The maximum atomic E-state index is 13.8. The highest BCUT2D eigenvalue weighted by atomic mass is 19.1. The number of hydrogen-bond acceptors (Lipinski definition) is 4. The van der Waals surface area contributed by atoms with Crippen LogP contribution in [0.15, 0.2) is 12.1 Å². The number of piperazine rings is 1. The first-order chi connectivity index (χ1) is 9.90. The minimum absolute atomic E-state index is 0.117. The summed E-state index contributed by atoms with van der Waals surface area (Å²) in [5.74, 6) is -4.47. The number of carbonyl (C=O) groups is 2. The molecule has 1 aliphatic heterocycles. The normalized spacial score (nSPS) is 16.9. The van der Waals surface area contributed by atoms with E-state index >= 15 is 0 Å². The molecule has 1 aromatic carbocycles. The molecule has 0 aromatic heterocycles. The second-order valence-electron chi connectivity index (χ2n) is 5.09. The van der Waals surface area contributed by atoms with E-state index in [1.807, 2.05) is 7.05 Å². The standard InChI is InChI=1S/C14H16F2N2O3/c1-17-4-6-18(7-5-17)8-11(19)12-9(15)2-3-10(16)13(12)14(20)21/h2-3H,4-8H2,1H3,(H,20,21). The van der Waals surface area contributed by atoms with E-state index in [0.717, 1.165) is 19.2 Å². The Morgan fingerprint density at radius 2 is 1.62 bits per heavy atom. The first-order valence-corrected chi connectivity index (χ1v) is 6.55. The zero-order valence-electron chi connectivity index (χ0n) is 11.6. The summed E-state index contributed by atoms with van der Waals surface area (Å²) in [5.41, 5.74) is -1.57. The van der Waals surface area contributed by atoms with Crippen molar-refractivity contribution < 1.29 is 23.5 Å². The van der Waals surface area contributed by atoms with Crippen LogP contribution in [-0.4, -0.2) is 66.4 Å². The van der Waals surface area contributed by atoms with Crippen LogP contribution in [0, 0.1) is 11.6 Å². The van der Waals surface area contributed by atoms with Gasteiger partial charge in [0.1, 0.15) is 17.2 Å². The molecule has 0 spiro atoms. The summed E-state index contributed by atoms with van der Waals surface area (Å²) >= 11 is 0. The molecule has 2 rings (SSSR count). The molecule has 0 amide bonds. The van der Waals surface area contributed by atoms with Gasteiger partial charge in [0, 0.05) is 26.2 Å². The number of carboxylic acids is 1. The number of carbonyl (C=O) groups excluding carboxylic acids is 1. The van der Waals surface area contributed by atoms with Gasteiger partial charge >= 0.3 is 5.97 Å². The predicted molar refractivity (Wildman–Crippen MR) is 71.6 cm³/mol. The van der Waals surface area contributed by atoms with E-state index in [1.54, 1.807) is 4.90 Å². The van der Waals surface area contributed by atoms with Gasteiger partial charge in [0.2, 0.25) is 0 Å². The molecular weight excluding hydrogens is 282 g/mol. The van der Waals surface area contributed by atoms with Gasteiger partial charge in [-0.3, -0.25) is 9.69 Å². The summed E-state index contributed by atoms with van der Waals surface area (Å²) in [7, 11) is 1.95. The van der Waals surface area contributed by atoms with Crippen LogP contribution in [0.1, 0.15) is 20.7 Å². The SMILES string of the molecule is CN1CCN(CC(=O)c2c(F)ccc(F)c2C(=O)O)CC1. The van der Waals surface area contributed by atoms with Gasteiger partial charge in [0.15, 0.2) is 5.78 Å². The zero-order chi connectivity index (χ0) is 15.6. The molecule has 0 saturated carbocycles. The van der Waals surface area contributed by atoms with Gasteiger partial charge in [0.25, 0.3) is 0 Å². The van der Waals surface area contributed by atoms with E-state index in [9.17, 15) is 18.4 Å². The summed E-state index contributed by atoms with van der Waals surface area (Å²) in [6.07, 6.45) is 0. The molecule has 1 heterocycles. The van der Waals surface area contributed by atoms with Gasteiger partial charge in [0.05, 0.1) is 12.1 Å². The Kier molecular flexibility index (Phi) is 4.64. The highest BCUT2D eigenvalue weighted by Crippen LogP contribution is 2.19. The fourth-order valence-electron chi connectivity index (χ4n) is 2.32. The fraction of sp³-hybridized carbons (Fsp3) is 0.429. The van der Waals surface area contributed by atoms with E-state index in [2.05, 4.69) is 4.90 Å². The summed E-state index contributed by atoms with van der Waals surface area (Å²) in [5, 5.41) is 8.98. The number of Topliss-reactive ketones (excluding diaryl/α,β-unsaturated/α-hetero) is 1. The molecule has 1 fully saturated rings. The summed E-state index contributed by atoms with van der Waals surface area (Å²) < 4.78 is 27.3. The van der Waals surface area contributed by atoms with Crippen LogP contribution in [0.5, 0.6) is 0 Å². The Hall–Kier alpha value is -1.86. The minimum Gasteiger partial charge on any atom is -0.478 e. The summed E-state index contributed by atoms with van der Waals surface area (Å²) in [4.78, 5) is 27.1. The lowest BCUT2D eigenvalue weighted by molar-refractivity contribution is 0.0682. The van der Waals surface area contributed by atoms with Crippen molar-refractivity contribution in [1.29, 1.82) is 0 Å². The third kappa shape index (κ3) is 3.43. The maximum absolute atomic E-state index is 13.8. The molecule has 0 atom stereocenters. The Bertz CT molecular complexity index is 570. The number of halogens is 2. The molecule has 0 unspecified atom stereocenters. The number of carboxylic acid groups (broad SMARTS) is 1. The quantitative estimate of drug-likeness (QED) is 0.843. The van der Waals surface area contributed by atoms with Crippen molar-refractivity contribution in [3.8, 4) is 0 Å². The average Bonchev–Trinajstić information content (AvgIpc) is 2.43. The molecule has 7 heteroatoms. The van der Waals surface area contributed by atoms with Gasteiger partial charge in [-0.25, -0.2) is 13.6 Å². The summed E-state index contributed by atoms with van der Waals surface area (Å²) in [6.45, 7) is 2.67. The van der Waals surface area contributed by atoms with Crippen LogP contribution in [0.2, 0.25) is 0 Å². The van der Waals surface area contributed by atoms with Gasteiger partial charge < -0.3 is 10.0 Å². The molecule has 1 aromatic rings. The van der Waals surface area contributed by atoms with Gasteiger partial charge in [-0.15, -0.1) is 0 Å². The number of ketones is 1. The van der Waals surface area contributed by atoms with Crippen LogP contribution < -0.4 is 0 Å². The average molecular weight is 298 g/mol. The monoisotopic (exact) mass is 298 g/mol. The largest absolute Gasteiger partial charge is 0.478 e. The van der Waals surface area contributed by atoms with Crippen LogP contribution in [-0.2, 0) is 0 Å². The number of likely N-dealkylation sites (N-methyl/N-ethyl adjacent to an activating group) is 1. The third-order valence-electron chi connectivity index (χ3n) is 3.56.